The maximum absolute atomic E-state index is 11.8. The first-order chi connectivity index (χ1) is 10.2. The molecule has 4 nitrogen and oxygen atoms in total. The fourth-order valence-electron chi connectivity index (χ4n) is 1.77. The largest absolute Gasteiger partial charge is 0.337 e. The van der Waals surface area contributed by atoms with E-state index in [0.29, 0.717) is 6.54 Å². The standard InChI is InChI=1S/C15H19N3OS2/c1-11-3-5-12(6-4-11)18-15(19)16-8-7-13-9-21-14(17-13)10-20-2/h3-6,9H,7-8,10H2,1-2H3,(H2,16,18,19). The summed E-state index contributed by atoms with van der Waals surface area (Å²) < 4.78 is 0. The second-order valence-corrected chi connectivity index (χ2v) is 6.47. The highest BCUT2D eigenvalue weighted by atomic mass is 32.2. The van der Waals surface area contributed by atoms with E-state index in [0.717, 1.165) is 28.6 Å². The average molecular weight is 321 g/mol. The second kappa shape index (κ2) is 8.05. The summed E-state index contributed by atoms with van der Waals surface area (Å²) in [6.07, 6.45) is 2.82. The van der Waals surface area contributed by atoms with Crippen LogP contribution in [-0.2, 0) is 12.2 Å². The van der Waals surface area contributed by atoms with E-state index in [9.17, 15) is 4.79 Å². The third-order valence-electron chi connectivity index (χ3n) is 2.84. The van der Waals surface area contributed by atoms with Gasteiger partial charge < -0.3 is 10.6 Å². The number of amides is 2. The van der Waals surface area contributed by atoms with Crippen LogP contribution in [0, 0.1) is 6.92 Å². The Kier molecular flexibility index (Phi) is 6.07. The molecule has 0 saturated heterocycles. The van der Waals surface area contributed by atoms with E-state index in [2.05, 4.69) is 27.3 Å². The van der Waals surface area contributed by atoms with Crippen LogP contribution in [0.25, 0.3) is 0 Å². The minimum absolute atomic E-state index is 0.182. The zero-order valence-electron chi connectivity index (χ0n) is 12.2. The van der Waals surface area contributed by atoms with Gasteiger partial charge in [-0.2, -0.15) is 11.8 Å². The SMILES string of the molecule is CSCc1nc(CCNC(=O)Nc2ccc(C)cc2)cs1. The lowest BCUT2D eigenvalue weighted by Crippen LogP contribution is -2.30. The van der Waals surface area contributed by atoms with Crippen molar-refractivity contribution < 1.29 is 4.79 Å². The van der Waals surface area contributed by atoms with Gasteiger partial charge in [0.15, 0.2) is 0 Å². The van der Waals surface area contributed by atoms with Crippen LogP contribution in [0.5, 0.6) is 0 Å². The molecule has 1 aromatic heterocycles. The first kappa shape index (κ1) is 15.9. The Hall–Kier alpha value is -1.53. The van der Waals surface area contributed by atoms with Crippen LogP contribution in [0.3, 0.4) is 0 Å². The topological polar surface area (TPSA) is 54.0 Å². The molecule has 2 aromatic rings. The zero-order valence-corrected chi connectivity index (χ0v) is 13.8. The number of aryl methyl sites for hydroxylation is 1. The molecule has 112 valence electrons. The lowest BCUT2D eigenvalue weighted by Gasteiger charge is -2.07. The van der Waals surface area contributed by atoms with Gasteiger partial charge in [0.2, 0.25) is 0 Å². The first-order valence-electron chi connectivity index (χ1n) is 6.71. The molecule has 0 aliphatic carbocycles. The van der Waals surface area contributed by atoms with Gasteiger partial charge in [-0.25, -0.2) is 9.78 Å². The number of thiazole rings is 1. The van der Waals surface area contributed by atoms with E-state index < -0.39 is 0 Å². The van der Waals surface area contributed by atoms with Crippen molar-refractivity contribution in [2.75, 3.05) is 18.1 Å². The van der Waals surface area contributed by atoms with E-state index in [1.54, 1.807) is 23.1 Å². The number of urea groups is 1. The normalized spacial score (nSPS) is 10.4. The average Bonchev–Trinajstić information content (AvgIpc) is 2.89. The highest BCUT2D eigenvalue weighted by Gasteiger charge is 2.04. The van der Waals surface area contributed by atoms with Crippen molar-refractivity contribution in [1.29, 1.82) is 0 Å². The second-order valence-electron chi connectivity index (χ2n) is 4.66. The quantitative estimate of drug-likeness (QED) is 0.853. The monoisotopic (exact) mass is 321 g/mol. The Balaban J connectivity index is 1.72. The van der Waals surface area contributed by atoms with Crippen molar-refractivity contribution >= 4 is 34.8 Å². The van der Waals surface area contributed by atoms with Crippen molar-refractivity contribution in [2.45, 2.75) is 19.1 Å². The Morgan fingerprint density at radius 1 is 1.33 bits per heavy atom. The van der Waals surface area contributed by atoms with Crippen molar-refractivity contribution in [2.24, 2.45) is 0 Å². The summed E-state index contributed by atoms with van der Waals surface area (Å²) in [4.78, 5) is 16.3. The number of hydrogen-bond acceptors (Lipinski definition) is 4. The van der Waals surface area contributed by atoms with Crippen molar-refractivity contribution in [3.63, 3.8) is 0 Å². The highest BCUT2D eigenvalue weighted by molar-refractivity contribution is 7.97. The molecule has 0 unspecified atom stereocenters. The van der Waals surface area contributed by atoms with Crippen molar-refractivity contribution in [1.82, 2.24) is 10.3 Å². The summed E-state index contributed by atoms with van der Waals surface area (Å²) in [5.41, 5.74) is 3.01. The first-order valence-corrected chi connectivity index (χ1v) is 8.98. The summed E-state index contributed by atoms with van der Waals surface area (Å²) in [6.45, 7) is 2.60. The number of benzene rings is 1. The molecule has 6 heteroatoms. The van der Waals surface area contributed by atoms with Crippen LogP contribution in [0.2, 0.25) is 0 Å². The third kappa shape index (κ3) is 5.40. The molecule has 2 N–H and O–H groups in total. The van der Waals surface area contributed by atoms with E-state index in [1.165, 1.54) is 5.56 Å². The minimum Gasteiger partial charge on any atom is -0.337 e. The molecule has 1 heterocycles. The summed E-state index contributed by atoms with van der Waals surface area (Å²) >= 11 is 3.44. The number of carbonyl (C=O) groups excluding carboxylic acids is 1. The van der Waals surface area contributed by atoms with Crippen LogP contribution in [0.1, 0.15) is 16.3 Å². The predicted octanol–water partition coefficient (Wildman–Crippen LogP) is 3.68. The number of aromatic nitrogens is 1. The molecule has 0 saturated carbocycles. The van der Waals surface area contributed by atoms with Gasteiger partial charge in [-0.3, -0.25) is 0 Å². The van der Waals surface area contributed by atoms with Gasteiger partial charge in [-0.05, 0) is 25.3 Å². The van der Waals surface area contributed by atoms with Crippen molar-refractivity contribution in [3.8, 4) is 0 Å². The predicted molar refractivity (Wildman–Crippen MR) is 91.2 cm³/mol. The molecule has 0 spiro atoms. The van der Waals surface area contributed by atoms with E-state index >= 15 is 0 Å². The number of nitrogens with one attached hydrogen (secondary N) is 2. The Morgan fingerprint density at radius 3 is 2.81 bits per heavy atom. The van der Waals surface area contributed by atoms with E-state index in [1.807, 2.05) is 31.2 Å². The fraction of sp³-hybridized carbons (Fsp3) is 0.333. The Morgan fingerprint density at radius 2 is 2.10 bits per heavy atom. The van der Waals surface area contributed by atoms with Crippen LogP contribution < -0.4 is 10.6 Å². The van der Waals surface area contributed by atoms with Crippen LogP contribution in [-0.4, -0.2) is 23.8 Å². The molecule has 2 rings (SSSR count). The molecule has 0 fully saturated rings. The molecule has 21 heavy (non-hydrogen) atoms. The highest BCUT2D eigenvalue weighted by Crippen LogP contribution is 2.15. The maximum atomic E-state index is 11.8. The summed E-state index contributed by atoms with van der Waals surface area (Å²) in [5, 5.41) is 8.86. The third-order valence-corrected chi connectivity index (χ3v) is 4.49. The molecule has 0 radical (unpaired) electrons. The fourth-order valence-corrected chi connectivity index (χ4v) is 3.32. The molecule has 1 aromatic carbocycles. The van der Waals surface area contributed by atoms with E-state index in [4.69, 9.17) is 0 Å². The van der Waals surface area contributed by atoms with E-state index in [-0.39, 0.29) is 6.03 Å². The molecule has 2 amide bonds. The summed E-state index contributed by atoms with van der Waals surface area (Å²) in [7, 11) is 0. The molecular formula is C15H19N3OS2. The number of rotatable bonds is 6. The molecular weight excluding hydrogens is 302 g/mol. The zero-order chi connectivity index (χ0) is 15.1. The molecule has 0 atom stereocenters. The summed E-state index contributed by atoms with van der Waals surface area (Å²) in [5.74, 6) is 0.950. The van der Waals surface area contributed by atoms with Crippen molar-refractivity contribution in [3.05, 3.63) is 45.9 Å². The lowest BCUT2D eigenvalue weighted by molar-refractivity contribution is 0.252. The number of carbonyl (C=O) groups is 1. The smallest absolute Gasteiger partial charge is 0.319 e. The van der Waals surface area contributed by atoms with Gasteiger partial charge in [0, 0.05) is 29.8 Å². The van der Waals surface area contributed by atoms with Gasteiger partial charge in [-0.15, -0.1) is 11.3 Å². The van der Waals surface area contributed by atoms with Gasteiger partial charge >= 0.3 is 6.03 Å². The molecule has 0 aliphatic rings. The van der Waals surface area contributed by atoms with Gasteiger partial charge in [0.05, 0.1) is 5.69 Å². The number of nitrogens with zero attached hydrogens (tertiary/aromatic N) is 1. The maximum Gasteiger partial charge on any atom is 0.319 e. The molecule has 0 aliphatic heterocycles. The summed E-state index contributed by atoms with van der Waals surface area (Å²) in [6, 6.07) is 7.54. The minimum atomic E-state index is -0.182. The Bertz CT molecular complexity index is 581. The van der Waals surface area contributed by atoms with Crippen LogP contribution in [0.15, 0.2) is 29.6 Å². The van der Waals surface area contributed by atoms with Crippen LogP contribution >= 0.6 is 23.1 Å². The number of anilines is 1. The van der Waals surface area contributed by atoms with Gasteiger partial charge in [-0.1, -0.05) is 17.7 Å². The number of thioether (sulfide) groups is 1. The van der Waals surface area contributed by atoms with Crippen LogP contribution in [0.4, 0.5) is 10.5 Å². The molecule has 0 bridgehead atoms. The lowest BCUT2D eigenvalue weighted by atomic mass is 10.2. The Labute approximate surface area is 133 Å². The van der Waals surface area contributed by atoms with Gasteiger partial charge in [0.1, 0.15) is 5.01 Å². The number of hydrogen-bond donors (Lipinski definition) is 2. The van der Waals surface area contributed by atoms with Gasteiger partial charge in [0.25, 0.3) is 0 Å².